The Balaban J connectivity index is 1.52. The predicted molar refractivity (Wildman–Crippen MR) is 108 cm³/mol. The van der Waals surface area contributed by atoms with Crippen molar-refractivity contribution in [3.8, 4) is 5.88 Å². The number of rotatable bonds is 4. The molecule has 1 aliphatic heterocycles. The average Bonchev–Trinajstić information content (AvgIpc) is 2.88. The van der Waals surface area contributed by atoms with Crippen molar-refractivity contribution in [3.05, 3.63) is 47.8 Å². The van der Waals surface area contributed by atoms with Crippen LogP contribution in [-0.2, 0) is 4.79 Å². The van der Waals surface area contributed by atoms with Gasteiger partial charge in [-0.25, -0.2) is 9.97 Å². The Kier molecular flexibility index (Phi) is 5.16. The van der Waals surface area contributed by atoms with E-state index in [-0.39, 0.29) is 35.5 Å². The number of anilines is 2. The van der Waals surface area contributed by atoms with Gasteiger partial charge in [0.15, 0.2) is 0 Å². The highest BCUT2D eigenvalue weighted by Crippen LogP contribution is 2.33. The van der Waals surface area contributed by atoms with Crippen LogP contribution in [0.5, 0.6) is 5.88 Å². The molecule has 2 aromatic rings. The molecule has 0 saturated carbocycles. The first-order valence-electron chi connectivity index (χ1n) is 9.59. The van der Waals surface area contributed by atoms with Gasteiger partial charge in [0.05, 0.1) is 6.54 Å². The Morgan fingerprint density at radius 3 is 2.76 bits per heavy atom. The number of benzene rings is 1. The highest BCUT2D eigenvalue weighted by Gasteiger charge is 2.28. The van der Waals surface area contributed by atoms with E-state index in [1.165, 1.54) is 11.9 Å². The largest absolute Gasteiger partial charge is 0.481 e. The molecule has 1 unspecified atom stereocenters. The van der Waals surface area contributed by atoms with E-state index in [1.54, 1.807) is 4.90 Å². The maximum Gasteiger partial charge on any atom is 0.303 e. The van der Waals surface area contributed by atoms with Crippen LogP contribution < -0.4 is 15.4 Å². The third-order valence-corrected chi connectivity index (χ3v) is 5.39. The second-order valence-electron chi connectivity index (χ2n) is 7.26. The minimum atomic E-state index is -0.741. The zero-order valence-corrected chi connectivity index (χ0v) is 15.9. The highest BCUT2D eigenvalue weighted by molar-refractivity contribution is 6.10. The maximum absolute atomic E-state index is 13.0. The van der Waals surface area contributed by atoms with E-state index in [2.05, 4.69) is 16.0 Å². The summed E-state index contributed by atoms with van der Waals surface area (Å²) in [6.45, 7) is 0.695. The molecular formula is C21H22N4O4. The lowest BCUT2D eigenvalue weighted by Crippen LogP contribution is -2.32. The lowest BCUT2D eigenvalue weighted by molar-refractivity contribution is -0.138. The molecule has 0 fully saturated rings. The number of carbonyl (C=O) groups is 2. The van der Waals surface area contributed by atoms with Gasteiger partial charge in [-0.2, -0.15) is 0 Å². The van der Waals surface area contributed by atoms with Crippen LogP contribution >= 0.6 is 0 Å². The van der Waals surface area contributed by atoms with Crippen LogP contribution in [0.4, 0.5) is 11.5 Å². The fraction of sp³-hybridized carbons (Fsp3) is 0.333. The molecule has 0 bridgehead atoms. The SMILES string of the molecule is Nc1ncnc2c1C(=O)N(c1ccc(C3=CCC(CC(=O)O)CC3)cc1)CCO2. The van der Waals surface area contributed by atoms with Crippen LogP contribution in [0.3, 0.4) is 0 Å². The van der Waals surface area contributed by atoms with Crippen molar-refractivity contribution < 1.29 is 19.4 Å². The number of hydrogen-bond acceptors (Lipinski definition) is 6. The number of nitrogens with zero attached hydrogens (tertiary/aromatic N) is 3. The number of aliphatic carboxylic acids is 1. The fourth-order valence-corrected chi connectivity index (χ4v) is 3.85. The molecule has 150 valence electrons. The lowest BCUT2D eigenvalue weighted by Gasteiger charge is -2.22. The van der Waals surface area contributed by atoms with Crippen molar-refractivity contribution in [1.82, 2.24) is 9.97 Å². The zero-order chi connectivity index (χ0) is 20.4. The van der Waals surface area contributed by atoms with E-state index in [4.69, 9.17) is 15.6 Å². The Morgan fingerprint density at radius 1 is 1.28 bits per heavy atom. The minimum Gasteiger partial charge on any atom is -0.481 e. The molecule has 1 aliphatic carbocycles. The van der Waals surface area contributed by atoms with E-state index >= 15 is 0 Å². The monoisotopic (exact) mass is 394 g/mol. The molecule has 4 rings (SSSR count). The molecule has 1 atom stereocenters. The normalized spacial score (nSPS) is 19.0. The summed E-state index contributed by atoms with van der Waals surface area (Å²) in [5.74, 6) is -0.499. The number of carbonyl (C=O) groups excluding carboxylic acids is 1. The van der Waals surface area contributed by atoms with E-state index < -0.39 is 5.97 Å². The van der Waals surface area contributed by atoms with Gasteiger partial charge in [-0.3, -0.25) is 9.59 Å². The number of nitrogens with two attached hydrogens (primary N) is 1. The lowest BCUT2D eigenvalue weighted by atomic mass is 9.85. The van der Waals surface area contributed by atoms with Crippen LogP contribution in [0.1, 0.15) is 41.6 Å². The van der Waals surface area contributed by atoms with E-state index in [0.717, 1.165) is 30.5 Å². The quantitative estimate of drug-likeness (QED) is 0.818. The molecule has 0 saturated heterocycles. The van der Waals surface area contributed by atoms with Crippen molar-refractivity contribution in [2.75, 3.05) is 23.8 Å². The fourth-order valence-electron chi connectivity index (χ4n) is 3.85. The van der Waals surface area contributed by atoms with Crippen LogP contribution in [0.25, 0.3) is 5.57 Å². The number of aromatic nitrogens is 2. The Labute approximate surface area is 168 Å². The molecular weight excluding hydrogens is 372 g/mol. The van der Waals surface area contributed by atoms with Crippen LogP contribution in [0, 0.1) is 5.92 Å². The molecule has 0 spiro atoms. The topological polar surface area (TPSA) is 119 Å². The number of allylic oxidation sites excluding steroid dienone is 2. The molecule has 8 heteroatoms. The van der Waals surface area contributed by atoms with E-state index in [0.29, 0.717) is 13.2 Å². The van der Waals surface area contributed by atoms with Gasteiger partial charge in [-0.15, -0.1) is 0 Å². The summed E-state index contributed by atoms with van der Waals surface area (Å²) in [4.78, 5) is 33.4. The van der Waals surface area contributed by atoms with Crippen molar-refractivity contribution in [3.63, 3.8) is 0 Å². The standard InChI is InChI=1S/C21H22N4O4/c22-19-18-20(24-12-23-19)29-10-9-25(21(18)28)16-7-5-15(6-8-16)14-3-1-13(2-4-14)11-17(26)27/h3,5-8,12-13H,1-2,4,9-11H2,(H,26,27)(H2,22,23,24). The molecule has 0 radical (unpaired) electrons. The summed E-state index contributed by atoms with van der Waals surface area (Å²) >= 11 is 0. The summed E-state index contributed by atoms with van der Waals surface area (Å²) in [5, 5.41) is 8.95. The minimum absolute atomic E-state index is 0.104. The van der Waals surface area contributed by atoms with Gasteiger partial charge < -0.3 is 20.5 Å². The smallest absolute Gasteiger partial charge is 0.303 e. The molecule has 1 aromatic carbocycles. The Hall–Kier alpha value is -3.42. The predicted octanol–water partition coefficient (Wildman–Crippen LogP) is 2.76. The highest BCUT2D eigenvalue weighted by atomic mass is 16.5. The number of nitrogen functional groups attached to an aromatic ring is 1. The molecule has 1 aromatic heterocycles. The van der Waals surface area contributed by atoms with Crippen molar-refractivity contribution in [1.29, 1.82) is 0 Å². The average molecular weight is 394 g/mol. The summed E-state index contributed by atoms with van der Waals surface area (Å²) < 4.78 is 5.56. The first-order chi connectivity index (χ1) is 14.0. The van der Waals surface area contributed by atoms with E-state index in [1.807, 2.05) is 24.3 Å². The number of fused-ring (bicyclic) bond motifs is 1. The van der Waals surface area contributed by atoms with Crippen LogP contribution in [0.2, 0.25) is 0 Å². The summed E-state index contributed by atoms with van der Waals surface area (Å²) in [5.41, 5.74) is 9.12. The Bertz CT molecular complexity index is 971. The summed E-state index contributed by atoms with van der Waals surface area (Å²) in [6.07, 6.45) is 6.14. The van der Waals surface area contributed by atoms with Crippen molar-refractivity contribution >= 4 is 29.0 Å². The molecule has 29 heavy (non-hydrogen) atoms. The molecule has 8 nitrogen and oxygen atoms in total. The van der Waals surface area contributed by atoms with Gasteiger partial charge in [0.1, 0.15) is 24.3 Å². The zero-order valence-electron chi connectivity index (χ0n) is 15.9. The van der Waals surface area contributed by atoms with Crippen molar-refractivity contribution in [2.45, 2.75) is 25.7 Å². The van der Waals surface area contributed by atoms with Gasteiger partial charge in [0.2, 0.25) is 5.88 Å². The molecule has 1 amide bonds. The molecule has 2 heterocycles. The number of carboxylic acid groups (broad SMARTS) is 1. The third-order valence-electron chi connectivity index (χ3n) is 5.39. The summed E-state index contributed by atoms with van der Waals surface area (Å²) in [6, 6.07) is 7.79. The molecule has 3 N–H and O–H groups in total. The van der Waals surface area contributed by atoms with Crippen LogP contribution in [0.15, 0.2) is 36.7 Å². The van der Waals surface area contributed by atoms with Crippen molar-refractivity contribution in [2.24, 2.45) is 5.92 Å². The number of carboxylic acids is 1. The number of hydrogen-bond donors (Lipinski definition) is 2. The number of ether oxygens (including phenoxy) is 1. The Morgan fingerprint density at radius 2 is 2.07 bits per heavy atom. The van der Waals surface area contributed by atoms with E-state index in [9.17, 15) is 9.59 Å². The van der Waals surface area contributed by atoms with Gasteiger partial charge in [-0.05, 0) is 48.4 Å². The maximum atomic E-state index is 13.0. The number of amides is 1. The van der Waals surface area contributed by atoms with Gasteiger partial charge >= 0.3 is 5.97 Å². The third kappa shape index (κ3) is 3.91. The van der Waals surface area contributed by atoms with Gasteiger partial charge in [0.25, 0.3) is 5.91 Å². The second-order valence-corrected chi connectivity index (χ2v) is 7.26. The first-order valence-corrected chi connectivity index (χ1v) is 9.59. The second kappa shape index (κ2) is 7.90. The van der Waals surface area contributed by atoms with Crippen LogP contribution in [-0.4, -0.2) is 40.1 Å². The summed E-state index contributed by atoms with van der Waals surface area (Å²) in [7, 11) is 0. The van der Waals surface area contributed by atoms with Gasteiger partial charge in [-0.1, -0.05) is 18.2 Å². The first kappa shape index (κ1) is 18.9. The van der Waals surface area contributed by atoms with Gasteiger partial charge in [0, 0.05) is 12.1 Å². The molecule has 2 aliphatic rings.